The summed E-state index contributed by atoms with van der Waals surface area (Å²) in [5, 5.41) is 3.37. The summed E-state index contributed by atoms with van der Waals surface area (Å²) < 4.78 is 54.0. The van der Waals surface area contributed by atoms with Crippen LogP contribution in [0.3, 0.4) is 0 Å². The SMILES string of the molecule is COC(=O)[C@H]1CCN(c2ccc(C)c(F)c2)C1.COC(=O)[C@H]1CCN(c2ccc(Cl)c(F)c2)C1.COC(=O)[C@H]1CCNC1.Fc1cc(I)ccc1Cl. The molecule has 0 radical (unpaired) electrons. The predicted molar refractivity (Wildman–Crippen MR) is 204 cm³/mol. The summed E-state index contributed by atoms with van der Waals surface area (Å²) in [7, 11) is 4.21. The van der Waals surface area contributed by atoms with Crippen LogP contribution < -0.4 is 15.1 Å². The van der Waals surface area contributed by atoms with Crippen molar-refractivity contribution >= 4 is 75.1 Å². The van der Waals surface area contributed by atoms with E-state index < -0.39 is 5.82 Å². The number of benzene rings is 3. The first-order chi connectivity index (χ1) is 24.8. The van der Waals surface area contributed by atoms with Crippen LogP contribution in [-0.4, -0.2) is 78.5 Å². The van der Waals surface area contributed by atoms with Gasteiger partial charge in [-0.1, -0.05) is 29.3 Å². The summed E-state index contributed by atoms with van der Waals surface area (Å²) in [5.41, 5.74) is 2.22. The fourth-order valence-corrected chi connectivity index (χ4v) is 6.35. The first-order valence-corrected chi connectivity index (χ1v) is 18.4. The van der Waals surface area contributed by atoms with E-state index in [1.54, 1.807) is 31.2 Å². The molecule has 52 heavy (non-hydrogen) atoms. The molecule has 3 atom stereocenters. The second kappa shape index (κ2) is 21.4. The number of methoxy groups -OCH3 is 3. The number of nitrogens with zero attached hydrogens (tertiary/aromatic N) is 2. The third kappa shape index (κ3) is 13.0. The van der Waals surface area contributed by atoms with Crippen molar-refractivity contribution in [1.82, 2.24) is 5.32 Å². The maximum absolute atomic E-state index is 13.4. The van der Waals surface area contributed by atoms with Gasteiger partial charge in [0.15, 0.2) is 0 Å². The summed E-state index contributed by atoms with van der Waals surface area (Å²) in [6.45, 7) is 6.12. The molecule has 6 rings (SSSR count). The van der Waals surface area contributed by atoms with Gasteiger partial charge in [0, 0.05) is 47.7 Å². The van der Waals surface area contributed by atoms with E-state index in [1.165, 1.54) is 45.6 Å². The second-order valence-corrected chi connectivity index (χ2v) is 14.3. The van der Waals surface area contributed by atoms with Gasteiger partial charge in [-0.25, -0.2) is 13.2 Å². The van der Waals surface area contributed by atoms with E-state index in [0.29, 0.717) is 18.7 Å². The normalized spacial score (nSPS) is 18.9. The minimum Gasteiger partial charge on any atom is -0.469 e. The molecule has 0 amide bonds. The lowest BCUT2D eigenvalue weighted by Crippen LogP contribution is -2.23. The Hall–Kier alpha value is -3.27. The van der Waals surface area contributed by atoms with Crippen LogP contribution in [0.25, 0.3) is 0 Å². The predicted octanol–water partition coefficient (Wildman–Crippen LogP) is 7.46. The van der Waals surface area contributed by atoms with E-state index in [2.05, 4.69) is 10.1 Å². The van der Waals surface area contributed by atoms with Crippen molar-refractivity contribution in [1.29, 1.82) is 0 Å². The van der Waals surface area contributed by atoms with Gasteiger partial charge >= 0.3 is 17.9 Å². The van der Waals surface area contributed by atoms with Gasteiger partial charge in [0.2, 0.25) is 0 Å². The summed E-state index contributed by atoms with van der Waals surface area (Å²) in [5.74, 6) is -1.58. The topological polar surface area (TPSA) is 97.4 Å². The second-order valence-electron chi connectivity index (χ2n) is 12.2. The van der Waals surface area contributed by atoms with Crippen LogP contribution in [0.15, 0.2) is 54.6 Å². The minimum absolute atomic E-state index is 0.0833. The zero-order valence-electron chi connectivity index (χ0n) is 29.4. The van der Waals surface area contributed by atoms with Crippen LogP contribution in [0, 0.1) is 45.7 Å². The average molecular weight is 881 g/mol. The molecule has 0 spiro atoms. The number of halogens is 6. The number of carbonyl (C=O) groups is 3. The summed E-state index contributed by atoms with van der Waals surface area (Å²) in [6, 6.07) is 14.5. The van der Waals surface area contributed by atoms with Crippen LogP contribution >= 0.6 is 45.8 Å². The fourth-order valence-electron chi connectivity index (χ4n) is 5.66. The standard InChI is InChI=1S/C13H16FNO2.C12H13ClFNO2.C6H3ClFI.C6H11NO2/c1-9-3-4-11(7-12(9)14)15-6-5-10(8-15)13(16)17-2;1-17-12(16)8-4-5-15(7-8)9-2-3-10(13)11(14)6-9;7-5-2-1-4(9)3-6(5)8;1-9-6(8)5-2-3-7-4-5/h3-4,7,10H,5-6,8H2,1-2H3;2-3,6,8H,4-5,7H2,1H3;1-3H;5,7H,2-4H2,1H3/t10-;8-;;5-/m00.0/s1. The van der Waals surface area contributed by atoms with Gasteiger partial charge in [-0.15, -0.1) is 0 Å². The summed E-state index contributed by atoms with van der Waals surface area (Å²) in [6.07, 6.45) is 2.42. The number of esters is 3. The Morgan fingerprint density at radius 3 is 1.58 bits per heavy atom. The number of anilines is 2. The molecular formula is C37H43Cl2F3IN3O6. The summed E-state index contributed by atoms with van der Waals surface area (Å²) >= 11 is 13.0. The van der Waals surface area contributed by atoms with Crippen molar-refractivity contribution in [3.8, 4) is 0 Å². The van der Waals surface area contributed by atoms with Gasteiger partial charge in [0.25, 0.3) is 0 Å². The lowest BCUT2D eigenvalue weighted by atomic mass is 10.1. The van der Waals surface area contributed by atoms with Crippen molar-refractivity contribution in [2.75, 3.05) is 70.4 Å². The quantitative estimate of drug-likeness (QED) is 0.121. The molecule has 1 N–H and O–H groups in total. The van der Waals surface area contributed by atoms with Crippen molar-refractivity contribution in [3.05, 3.63) is 91.2 Å². The van der Waals surface area contributed by atoms with E-state index in [4.69, 9.17) is 32.7 Å². The molecule has 3 aromatic carbocycles. The minimum atomic E-state index is -0.439. The Labute approximate surface area is 326 Å². The number of aryl methyl sites for hydroxylation is 1. The van der Waals surface area contributed by atoms with Gasteiger partial charge in [-0.05, 0) is 109 Å². The van der Waals surface area contributed by atoms with Crippen molar-refractivity contribution < 1.29 is 41.8 Å². The Kier molecular flexibility index (Phi) is 17.8. The molecular weight excluding hydrogens is 837 g/mol. The molecule has 3 fully saturated rings. The first-order valence-electron chi connectivity index (χ1n) is 16.5. The van der Waals surface area contributed by atoms with E-state index >= 15 is 0 Å². The van der Waals surface area contributed by atoms with Crippen molar-refractivity contribution in [2.24, 2.45) is 17.8 Å². The van der Waals surface area contributed by atoms with E-state index in [0.717, 1.165) is 60.4 Å². The van der Waals surface area contributed by atoms with Gasteiger partial charge < -0.3 is 29.3 Å². The van der Waals surface area contributed by atoms with Crippen LogP contribution in [0.4, 0.5) is 24.5 Å². The third-order valence-electron chi connectivity index (χ3n) is 8.71. The molecule has 3 heterocycles. The highest BCUT2D eigenvalue weighted by atomic mass is 127. The molecule has 0 bridgehead atoms. The van der Waals surface area contributed by atoms with Gasteiger partial charge in [0.1, 0.15) is 17.5 Å². The van der Waals surface area contributed by atoms with Crippen molar-refractivity contribution in [2.45, 2.75) is 26.2 Å². The largest absolute Gasteiger partial charge is 0.469 e. The Morgan fingerprint density at radius 1 is 0.692 bits per heavy atom. The van der Waals surface area contributed by atoms with E-state index in [1.807, 2.05) is 38.5 Å². The molecule has 9 nitrogen and oxygen atoms in total. The van der Waals surface area contributed by atoms with Crippen LogP contribution in [-0.2, 0) is 28.6 Å². The molecule has 15 heteroatoms. The zero-order valence-corrected chi connectivity index (χ0v) is 33.1. The average Bonchev–Trinajstić information content (AvgIpc) is 3.95. The Bertz CT molecular complexity index is 1590. The van der Waals surface area contributed by atoms with Crippen LogP contribution in [0.2, 0.25) is 10.0 Å². The van der Waals surface area contributed by atoms with Gasteiger partial charge in [-0.3, -0.25) is 14.4 Å². The smallest absolute Gasteiger partial charge is 0.310 e. The number of ether oxygens (including phenoxy) is 3. The molecule has 3 aliphatic heterocycles. The monoisotopic (exact) mass is 879 g/mol. The van der Waals surface area contributed by atoms with Crippen LogP contribution in [0.1, 0.15) is 24.8 Å². The molecule has 284 valence electrons. The van der Waals surface area contributed by atoms with Gasteiger partial charge in [-0.2, -0.15) is 0 Å². The Morgan fingerprint density at radius 2 is 1.15 bits per heavy atom. The highest BCUT2D eigenvalue weighted by molar-refractivity contribution is 14.1. The molecule has 3 aromatic rings. The van der Waals surface area contributed by atoms with Gasteiger partial charge in [0.05, 0.1) is 49.1 Å². The summed E-state index contributed by atoms with van der Waals surface area (Å²) in [4.78, 5) is 37.5. The highest BCUT2D eigenvalue weighted by Crippen LogP contribution is 2.28. The van der Waals surface area contributed by atoms with E-state index in [-0.39, 0.29) is 57.3 Å². The third-order valence-corrected chi connectivity index (χ3v) is 9.99. The number of rotatable bonds is 5. The first kappa shape index (κ1) is 43.1. The molecule has 0 aromatic heterocycles. The van der Waals surface area contributed by atoms with Crippen LogP contribution in [0.5, 0.6) is 0 Å². The number of nitrogens with one attached hydrogen (secondary N) is 1. The lowest BCUT2D eigenvalue weighted by Gasteiger charge is -2.18. The Balaban J connectivity index is 0.000000195. The van der Waals surface area contributed by atoms with E-state index in [9.17, 15) is 27.6 Å². The number of carbonyl (C=O) groups excluding carboxylic acids is 3. The number of hydrogen-bond donors (Lipinski definition) is 1. The molecule has 3 aliphatic rings. The lowest BCUT2D eigenvalue weighted by molar-refractivity contribution is -0.145. The molecule has 0 saturated carbocycles. The highest BCUT2D eigenvalue weighted by Gasteiger charge is 2.30. The fraction of sp³-hybridized carbons (Fsp3) is 0.432. The maximum atomic E-state index is 13.4. The maximum Gasteiger partial charge on any atom is 0.310 e. The molecule has 3 saturated heterocycles. The zero-order chi connectivity index (χ0) is 38.4. The van der Waals surface area contributed by atoms with Crippen molar-refractivity contribution in [3.63, 3.8) is 0 Å². The molecule has 0 unspecified atom stereocenters. The molecule has 0 aliphatic carbocycles. The number of hydrogen-bond acceptors (Lipinski definition) is 9.